The van der Waals surface area contributed by atoms with Gasteiger partial charge in [-0.05, 0) is 69.1 Å². The third-order valence-corrected chi connectivity index (χ3v) is 6.13. The van der Waals surface area contributed by atoms with Crippen LogP contribution in [0.15, 0.2) is 24.4 Å². The molecule has 1 aliphatic carbocycles. The van der Waals surface area contributed by atoms with Gasteiger partial charge in [-0.25, -0.2) is 4.68 Å². The van der Waals surface area contributed by atoms with E-state index < -0.39 is 11.4 Å². The Hall–Kier alpha value is -1.92. The number of hydrogen-bond donors (Lipinski definition) is 2. The van der Waals surface area contributed by atoms with Crippen molar-refractivity contribution in [2.24, 2.45) is 5.41 Å². The Morgan fingerprint density at radius 3 is 2.74 bits per heavy atom. The first-order valence-electron chi connectivity index (χ1n) is 9.36. The van der Waals surface area contributed by atoms with Crippen LogP contribution in [0.2, 0.25) is 5.02 Å². The number of halogens is 1. The summed E-state index contributed by atoms with van der Waals surface area (Å²) in [4.78, 5) is 11.9. The molecule has 1 heterocycles. The van der Waals surface area contributed by atoms with Crippen LogP contribution in [0.1, 0.15) is 68.3 Å². The highest BCUT2D eigenvalue weighted by Gasteiger charge is 2.38. The van der Waals surface area contributed by atoms with Crippen molar-refractivity contribution in [1.82, 2.24) is 15.0 Å². The van der Waals surface area contributed by atoms with E-state index in [0.29, 0.717) is 29.5 Å². The number of aliphatic hydroxyl groups is 1. The number of benzene rings is 1. The molecule has 0 unspecified atom stereocenters. The van der Waals surface area contributed by atoms with Gasteiger partial charge < -0.3 is 10.2 Å². The summed E-state index contributed by atoms with van der Waals surface area (Å²) < 4.78 is 1.93. The number of carboxylic acids is 1. The first kappa shape index (κ1) is 19.8. The quantitative estimate of drug-likeness (QED) is 0.710. The summed E-state index contributed by atoms with van der Waals surface area (Å²) in [5.74, 6) is -1.10. The molecule has 0 aliphatic heterocycles. The molecule has 1 fully saturated rings. The molecule has 6 nitrogen and oxygen atoms in total. The SMILES string of the molecule is CC(C)(C(=O)O)[C@H](CCc1cn(C2CCC2)nn1)c1ccc(Cl)c(CO)c1. The number of rotatable bonds is 8. The number of carboxylic acid groups (broad SMARTS) is 1. The predicted molar refractivity (Wildman–Crippen MR) is 103 cm³/mol. The van der Waals surface area contributed by atoms with Crippen molar-refractivity contribution in [2.45, 2.75) is 64.5 Å². The lowest BCUT2D eigenvalue weighted by molar-refractivity contribution is -0.148. The minimum atomic E-state index is -0.968. The number of aliphatic carboxylic acids is 1. The second-order valence-corrected chi connectivity index (χ2v) is 8.31. The van der Waals surface area contributed by atoms with Crippen molar-refractivity contribution in [1.29, 1.82) is 0 Å². The van der Waals surface area contributed by atoms with Crippen LogP contribution in [0.25, 0.3) is 0 Å². The number of aryl methyl sites for hydroxylation is 1. The van der Waals surface area contributed by atoms with Crippen molar-refractivity contribution < 1.29 is 15.0 Å². The zero-order valence-electron chi connectivity index (χ0n) is 15.7. The Balaban J connectivity index is 1.82. The van der Waals surface area contributed by atoms with E-state index in [-0.39, 0.29) is 12.5 Å². The molecule has 27 heavy (non-hydrogen) atoms. The second kappa shape index (κ2) is 7.98. The average Bonchev–Trinajstić information content (AvgIpc) is 3.02. The summed E-state index contributed by atoms with van der Waals surface area (Å²) in [6, 6.07) is 5.84. The van der Waals surface area contributed by atoms with Crippen molar-refractivity contribution in [3.05, 3.63) is 46.2 Å². The van der Waals surface area contributed by atoms with Gasteiger partial charge >= 0.3 is 5.97 Å². The lowest BCUT2D eigenvalue weighted by atomic mass is 9.72. The first-order valence-corrected chi connectivity index (χ1v) is 9.74. The van der Waals surface area contributed by atoms with E-state index >= 15 is 0 Å². The van der Waals surface area contributed by atoms with Gasteiger partial charge in [0.05, 0.1) is 23.8 Å². The van der Waals surface area contributed by atoms with Crippen LogP contribution in [-0.2, 0) is 17.8 Å². The molecular weight excluding hydrogens is 366 g/mol. The highest BCUT2D eigenvalue weighted by molar-refractivity contribution is 6.31. The molecule has 1 saturated carbocycles. The Morgan fingerprint density at radius 1 is 1.41 bits per heavy atom. The van der Waals surface area contributed by atoms with Gasteiger partial charge in [-0.3, -0.25) is 4.79 Å². The topological polar surface area (TPSA) is 88.2 Å². The number of aromatic nitrogens is 3. The fourth-order valence-electron chi connectivity index (χ4n) is 3.58. The summed E-state index contributed by atoms with van der Waals surface area (Å²) in [6.07, 6.45) is 6.77. The maximum Gasteiger partial charge on any atom is 0.309 e. The van der Waals surface area contributed by atoms with Gasteiger partial charge in [0.2, 0.25) is 0 Å². The molecule has 0 bridgehead atoms. The molecular formula is C20H26ClN3O3. The molecule has 0 radical (unpaired) electrons. The molecule has 1 aromatic carbocycles. The van der Waals surface area contributed by atoms with E-state index in [2.05, 4.69) is 10.3 Å². The molecule has 7 heteroatoms. The molecule has 0 amide bonds. The fourth-order valence-corrected chi connectivity index (χ4v) is 3.75. The predicted octanol–water partition coefficient (Wildman–Crippen LogP) is 3.98. The third kappa shape index (κ3) is 4.17. The maximum absolute atomic E-state index is 11.9. The summed E-state index contributed by atoms with van der Waals surface area (Å²) in [5.41, 5.74) is 1.38. The summed E-state index contributed by atoms with van der Waals surface area (Å²) in [7, 11) is 0. The lowest BCUT2D eigenvalue weighted by Gasteiger charge is -2.31. The van der Waals surface area contributed by atoms with E-state index in [9.17, 15) is 15.0 Å². The van der Waals surface area contributed by atoms with Crippen molar-refractivity contribution in [3.8, 4) is 0 Å². The van der Waals surface area contributed by atoms with Crippen LogP contribution in [0.5, 0.6) is 0 Å². The van der Waals surface area contributed by atoms with Gasteiger partial charge in [0.1, 0.15) is 0 Å². The zero-order valence-corrected chi connectivity index (χ0v) is 16.5. The minimum absolute atomic E-state index is 0.178. The molecule has 146 valence electrons. The Bertz CT molecular complexity index is 815. The molecule has 1 aromatic heterocycles. The van der Waals surface area contributed by atoms with Gasteiger partial charge in [-0.1, -0.05) is 28.9 Å². The third-order valence-electron chi connectivity index (χ3n) is 5.76. The maximum atomic E-state index is 11.9. The molecule has 0 spiro atoms. The van der Waals surface area contributed by atoms with E-state index in [0.717, 1.165) is 24.1 Å². The molecule has 0 saturated heterocycles. The molecule has 2 aromatic rings. The van der Waals surface area contributed by atoms with E-state index in [1.54, 1.807) is 19.9 Å². The lowest BCUT2D eigenvalue weighted by Crippen LogP contribution is -2.32. The van der Waals surface area contributed by atoms with E-state index in [4.69, 9.17) is 11.6 Å². The molecule has 1 atom stereocenters. The first-order chi connectivity index (χ1) is 12.8. The Kier molecular flexibility index (Phi) is 5.86. The van der Waals surface area contributed by atoms with Crippen LogP contribution in [-0.4, -0.2) is 31.2 Å². The largest absolute Gasteiger partial charge is 0.481 e. The summed E-state index contributed by atoms with van der Waals surface area (Å²) in [5, 5.41) is 28.2. The molecule has 1 aliphatic rings. The average molecular weight is 392 g/mol. The standard InChI is InChI=1S/C20H26ClN3O3/c1-20(2,19(26)27)17(13-6-9-18(21)14(10-13)12-25)8-7-15-11-24(23-22-15)16-4-3-5-16/h6,9-11,16-17,25H,3-5,7-8,12H2,1-2H3,(H,26,27)/t17-/m1/s1. The van der Waals surface area contributed by atoms with Gasteiger partial charge in [0, 0.05) is 11.2 Å². The normalized spacial score (nSPS) is 16.1. The van der Waals surface area contributed by atoms with Crippen molar-refractivity contribution >= 4 is 17.6 Å². The highest BCUT2D eigenvalue weighted by Crippen LogP contribution is 2.40. The van der Waals surface area contributed by atoms with Crippen molar-refractivity contribution in [3.63, 3.8) is 0 Å². The Labute approximate surface area is 164 Å². The number of nitrogens with zero attached hydrogens (tertiary/aromatic N) is 3. The van der Waals surface area contributed by atoms with E-state index in [1.807, 2.05) is 23.0 Å². The van der Waals surface area contributed by atoms with Crippen LogP contribution >= 0.6 is 11.6 Å². The van der Waals surface area contributed by atoms with Gasteiger partial charge in [-0.2, -0.15) is 0 Å². The molecule has 2 N–H and O–H groups in total. The Morgan fingerprint density at radius 2 is 2.15 bits per heavy atom. The van der Waals surface area contributed by atoms with Gasteiger partial charge in [0.25, 0.3) is 0 Å². The minimum Gasteiger partial charge on any atom is -0.481 e. The van der Waals surface area contributed by atoms with Crippen LogP contribution < -0.4 is 0 Å². The number of hydrogen-bond acceptors (Lipinski definition) is 4. The smallest absolute Gasteiger partial charge is 0.309 e. The monoisotopic (exact) mass is 391 g/mol. The molecule has 3 rings (SSSR count). The van der Waals surface area contributed by atoms with Crippen LogP contribution in [0.3, 0.4) is 0 Å². The van der Waals surface area contributed by atoms with Gasteiger partial charge in [0.15, 0.2) is 0 Å². The second-order valence-electron chi connectivity index (χ2n) is 7.90. The number of carbonyl (C=O) groups is 1. The van der Waals surface area contributed by atoms with Crippen LogP contribution in [0, 0.1) is 5.41 Å². The zero-order chi connectivity index (χ0) is 19.6. The summed E-state index contributed by atoms with van der Waals surface area (Å²) in [6.45, 7) is 3.29. The number of aliphatic hydroxyl groups excluding tert-OH is 1. The van der Waals surface area contributed by atoms with E-state index in [1.165, 1.54) is 6.42 Å². The fraction of sp³-hybridized carbons (Fsp3) is 0.550. The van der Waals surface area contributed by atoms with Crippen molar-refractivity contribution in [2.75, 3.05) is 0 Å². The summed E-state index contributed by atoms with van der Waals surface area (Å²) >= 11 is 6.11. The van der Waals surface area contributed by atoms with Gasteiger partial charge in [-0.15, -0.1) is 5.10 Å². The van der Waals surface area contributed by atoms with Crippen LogP contribution in [0.4, 0.5) is 0 Å². The highest BCUT2D eigenvalue weighted by atomic mass is 35.5.